The Hall–Kier alpha value is -2.83. The Kier molecular flexibility index (Phi) is 6.16. The Morgan fingerprint density at radius 2 is 2.04 bits per heavy atom. The predicted molar refractivity (Wildman–Crippen MR) is 89.3 cm³/mol. The molecule has 2 rings (SSSR count). The van der Waals surface area contributed by atoms with Crippen molar-refractivity contribution >= 4 is 22.8 Å². The molecule has 25 heavy (non-hydrogen) atoms. The molecule has 0 atom stereocenters. The molecule has 0 spiro atoms. The number of rotatable bonds is 8. The first-order valence-corrected chi connectivity index (χ1v) is 7.99. The summed E-state index contributed by atoms with van der Waals surface area (Å²) in [6.07, 6.45) is 0.588. The number of nitrogens with one attached hydrogen (secondary N) is 1. The molecule has 0 bridgehead atoms. The lowest BCUT2D eigenvalue weighted by Crippen LogP contribution is -2.28. The maximum atomic E-state index is 12.2. The molecule has 7 nitrogen and oxygen atoms in total. The molecule has 7 heteroatoms. The molecule has 2 aromatic rings. The van der Waals surface area contributed by atoms with E-state index in [2.05, 4.69) is 5.32 Å². The van der Waals surface area contributed by atoms with Crippen LogP contribution in [-0.2, 0) is 16.0 Å². The van der Waals surface area contributed by atoms with E-state index in [4.69, 9.17) is 9.15 Å². The second-order valence-electron chi connectivity index (χ2n) is 5.68. The zero-order valence-electron chi connectivity index (χ0n) is 14.2. The molecule has 0 radical (unpaired) electrons. The van der Waals surface area contributed by atoms with Crippen LogP contribution in [0.5, 0.6) is 5.75 Å². The summed E-state index contributed by atoms with van der Waals surface area (Å²) >= 11 is 0. The van der Waals surface area contributed by atoms with Gasteiger partial charge in [0.25, 0.3) is 0 Å². The lowest BCUT2D eigenvalue weighted by atomic mass is 10.0. The van der Waals surface area contributed by atoms with E-state index in [9.17, 15) is 19.5 Å². The highest BCUT2D eigenvalue weighted by atomic mass is 16.5. The Bertz CT molecular complexity index is 839. The minimum Gasteiger partial charge on any atom is -0.550 e. The molecule has 0 unspecified atom stereocenters. The first-order valence-electron chi connectivity index (χ1n) is 7.99. The minimum absolute atomic E-state index is 0.100. The SMILES string of the molecule is COc1ccc2c(C)c(CCC(=O)NCCCC(=O)[O-])c(=O)oc2c1. The smallest absolute Gasteiger partial charge is 0.339 e. The van der Waals surface area contributed by atoms with Crippen LogP contribution in [0.4, 0.5) is 0 Å². The van der Waals surface area contributed by atoms with Gasteiger partial charge in [0.1, 0.15) is 11.3 Å². The van der Waals surface area contributed by atoms with Gasteiger partial charge in [-0.15, -0.1) is 0 Å². The number of aryl methyl sites for hydroxylation is 1. The topological polar surface area (TPSA) is 109 Å². The summed E-state index contributed by atoms with van der Waals surface area (Å²) in [6, 6.07) is 5.25. The summed E-state index contributed by atoms with van der Waals surface area (Å²) in [6.45, 7) is 2.08. The zero-order valence-corrected chi connectivity index (χ0v) is 14.2. The van der Waals surface area contributed by atoms with Crippen molar-refractivity contribution < 1.29 is 23.8 Å². The largest absolute Gasteiger partial charge is 0.550 e. The summed E-state index contributed by atoms with van der Waals surface area (Å²) in [5, 5.41) is 13.7. The summed E-state index contributed by atoms with van der Waals surface area (Å²) in [7, 11) is 1.53. The highest BCUT2D eigenvalue weighted by Crippen LogP contribution is 2.24. The maximum Gasteiger partial charge on any atom is 0.339 e. The predicted octanol–water partition coefficient (Wildman–Crippen LogP) is 0.689. The lowest BCUT2D eigenvalue weighted by molar-refractivity contribution is -0.305. The van der Waals surface area contributed by atoms with E-state index >= 15 is 0 Å². The Balaban J connectivity index is 2.04. The van der Waals surface area contributed by atoms with Crippen molar-refractivity contribution in [1.82, 2.24) is 5.32 Å². The number of carboxylic acid groups (broad SMARTS) is 1. The number of benzene rings is 1. The van der Waals surface area contributed by atoms with E-state index in [1.165, 1.54) is 7.11 Å². The molecular weight excluding hydrogens is 326 g/mol. The monoisotopic (exact) mass is 346 g/mol. The van der Waals surface area contributed by atoms with Crippen molar-refractivity contribution in [1.29, 1.82) is 0 Å². The zero-order chi connectivity index (χ0) is 18.4. The van der Waals surface area contributed by atoms with Crippen LogP contribution in [0.25, 0.3) is 11.0 Å². The van der Waals surface area contributed by atoms with Crippen molar-refractivity contribution in [3.63, 3.8) is 0 Å². The fourth-order valence-electron chi connectivity index (χ4n) is 2.58. The molecule has 0 saturated heterocycles. The fourth-order valence-corrected chi connectivity index (χ4v) is 2.58. The summed E-state index contributed by atoms with van der Waals surface area (Å²) in [5.41, 5.74) is 1.21. The second kappa shape index (κ2) is 8.32. The molecule has 1 aromatic heterocycles. The van der Waals surface area contributed by atoms with Gasteiger partial charge in [0.2, 0.25) is 5.91 Å². The van der Waals surface area contributed by atoms with Crippen LogP contribution < -0.4 is 20.8 Å². The molecule has 0 aliphatic rings. The molecule has 0 saturated carbocycles. The van der Waals surface area contributed by atoms with Crippen molar-refractivity contribution in [3.05, 3.63) is 39.7 Å². The third-order valence-corrected chi connectivity index (χ3v) is 3.98. The normalized spacial score (nSPS) is 10.6. The first-order chi connectivity index (χ1) is 11.9. The third-order valence-electron chi connectivity index (χ3n) is 3.98. The number of hydrogen-bond donors (Lipinski definition) is 1. The molecule has 0 aliphatic heterocycles. The Labute approximate surface area is 144 Å². The fraction of sp³-hybridized carbons (Fsp3) is 0.389. The molecule has 1 N–H and O–H groups in total. The lowest BCUT2D eigenvalue weighted by Gasteiger charge is -2.09. The number of carbonyl (C=O) groups excluding carboxylic acids is 2. The standard InChI is InChI=1S/C18H21NO6/c1-11-13-6-5-12(24-2)10-15(13)25-18(23)14(11)7-8-16(20)19-9-3-4-17(21)22/h5-6,10H,3-4,7-9H2,1-2H3,(H,19,20)(H,21,22)/p-1. The van der Waals surface area contributed by atoms with Gasteiger partial charge in [0.15, 0.2) is 0 Å². The van der Waals surface area contributed by atoms with Gasteiger partial charge in [-0.2, -0.15) is 0 Å². The van der Waals surface area contributed by atoms with Gasteiger partial charge in [-0.25, -0.2) is 4.79 Å². The number of amides is 1. The van der Waals surface area contributed by atoms with E-state index in [-0.39, 0.29) is 31.7 Å². The van der Waals surface area contributed by atoms with Crippen molar-refractivity contribution in [2.75, 3.05) is 13.7 Å². The summed E-state index contributed by atoms with van der Waals surface area (Å²) in [4.78, 5) is 34.3. The number of methoxy groups -OCH3 is 1. The third kappa shape index (κ3) is 4.82. The second-order valence-corrected chi connectivity index (χ2v) is 5.68. The number of ether oxygens (including phenoxy) is 1. The Morgan fingerprint density at radius 3 is 2.72 bits per heavy atom. The van der Waals surface area contributed by atoms with Gasteiger partial charge in [0.05, 0.1) is 7.11 Å². The van der Waals surface area contributed by atoms with Crippen LogP contribution in [-0.4, -0.2) is 25.5 Å². The minimum atomic E-state index is -1.14. The van der Waals surface area contributed by atoms with Gasteiger partial charge in [-0.1, -0.05) is 0 Å². The van der Waals surface area contributed by atoms with Crippen LogP contribution >= 0.6 is 0 Å². The van der Waals surface area contributed by atoms with Crippen LogP contribution in [0.15, 0.2) is 27.4 Å². The molecule has 1 heterocycles. The first kappa shape index (κ1) is 18.5. The highest BCUT2D eigenvalue weighted by molar-refractivity contribution is 5.82. The van der Waals surface area contributed by atoms with E-state index in [1.54, 1.807) is 12.1 Å². The van der Waals surface area contributed by atoms with Crippen LogP contribution in [0.2, 0.25) is 0 Å². The van der Waals surface area contributed by atoms with Crippen LogP contribution in [0.1, 0.15) is 30.4 Å². The number of fused-ring (bicyclic) bond motifs is 1. The van der Waals surface area contributed by atoms with Crippen LogP contribution in [0.3, 0.4) is 0 Å². The van der Waals surface area contributed by atoms with E-state index in [0.717, 1.165) is 10.9 Å². The van der Waals surface area contributed by atoms with Gasteiger partial charge < -0.3 is 24.4 Å². The van der Waals surface area contributed by atoms with Crippen LogP contribution in [0, 0.1) is 6.92 Å². The van der Waals surface area contributed by atoms with Gasteiger partial charge in [-0.3, -0.25) is 4.79 Å². The van der Waals surface area contributed by atoms with Crippen molar-refractivity contribution in [2.24, 2.45) is 0 Å². The average molecular weight is 346 g/mol. The number of carboxylic acids is 1. The van der Waals surface area contributed by atoms with E-state index in [1.807, 2.05) is 13.0 Å². The number of hydrogen-bond acceptors (Lipinski definition) is 6. The number of carbonyl (C=O) groups is 2. The van der Waals surface area contributed by atoms with Gasteiger partial charge in [0, 0.05) is 36.0 Å². The maximum absolute atomic E-state index is 12.2. The summed E-state index contributed by atoms with van der Waals surface area (Å²) < 4.78 is 10.5. The quantitative estimate of drug-likeness (QED) is 0.556. The molecule has 1 aromatic carbocycles. The van der Waals surface area contributed by atoms with Crippen molar-refractivity contribution in [2.45, 2.75) is 32.6 Å². The van der Waals surface area contributed by atoms with E-state index in [0.29, 0.717) is 23.3 Å². The summed E-state index contributed by atoms with van der Waals surface area (Å²) in [5.74, 6) is -0.791. The average Bonchev–Trinajstić information content (AvgIpc) is 2.57. The molecule has 0 fully saturated rings. The van der Waals surface area contributed by atoms with Crippen molar-refractivity contribution in [3.8, 4) is 5.75 Å². The van der Waals surface area contributed by atoms with Gasteiger partial charge >= 0.3 is 5.63 Å². The molecule has 134 valence electrons. The highest BCUT2D eigenvalue weighted by Gasteiger charge is 2.13. The molecular formula is C18H20NO6-. The number of aliphatic carboxylic acids is 1. The molecule has 0 aliphatic carbocycles. The van der Waals surface area contributed by atoms with E-state index < -0.39 is 11.6 Å². The van der Waals surface area contributed by atoms with Gasteiger partial charge in [-0.05, 0) is 43.9 Å². The Morgan fingerprint density at radius 1 is 1.28 bits per heavy atom. The molecule has 1 amide bonds.